The van der Waals surface area contributed by atoms with E-state index in [0.717, 1.165) is 24.2 Å². The molecule has 108 valence electrons. The molecule has 1 rings (SSSR count). The van der Waals surface area contributed by atoms with E-state index in [1.54, 1.807) is 0 Å². The normalized spacial score (nSPS) is 14.1. The maximum absolute atomic E-state index is 10.3. The highest BCUT2D eigenvalue weighted by molar-refractivity contribution is 5.28. The first kappa shape index (κ1) is 16.0. The standard InChI is InChI=1S/C17H28O2/c1-4-7-8-14(5-2)13-17(18)15-9-11-16(12-10-15)19-6-3/h9-12,14,17-18H,4-8,13H2,1-3H3. The van der Waals surface area contributed by atoms with Crippen LogP contribution in [0.15, 0.2) is 24.3 Å². The second kappa shape index (κ2) is 8.98. The first-order valence-corrected chi connectivity index (χ1v) is 7.62. The highest BCUT2D eigenvalue weighted by Gasteiger charge is 2.14. The molecule has 0 heterocycles. The van der Waals surface area contributed by atoms with Crippen LogP contribution in [0.2, 0.25) is 0 Å². The van der Waals surface area contributed by atoms with Crippen molar-refractivity contribution in [1.29, 1.82) is 0 Å². The van der Waals surface area contributed by atoms with E-state index in [2.05, 4.69) is 13.8 Å². The van der Waals surface area contributed by atoms with E-state index in [9.17, 15) is 5.11 Å². The van der Waals surface area contributed by atoms with Gasteiger partial charge in [-0.2, -0.15) is 0 Å². The van der Waals surface area contributed by atoms with E-state index in [1.165, 1.54) is 19.3 Å². The van der Waals surface area contributed by atoms with Gasteiger partial charge < -0.3 is 9.84 Å². The number of hydrogen-bond donors (Lipinski definition) is 1. The van der Waals surface area contributed by atoms with E-state index in [-0.39, 0.29) is 6.10 Å². The molecule has 0 bridgehead atoms. The number of ether oxygens (including phenoxy) is 1. The summed E-state index contributed by atoms with van der Waals surface area (Å²) < 4.78 is 5.41. The molecule has 0 aliphatic rings. The van der Waals surface area contributed by atoms with Gasteiger partial charge in [0.1, 0.15) is 5.75 Å². The minimum Gasteiger partial charge on any atom is -0.494 e. The van der Waals surface area contributed by atoms with Crippen LogP contribution in [0.1, 0.15) is 64.5 Å². The van der Waals surface area contributed by atoms with Gasteiger partial charge in [0.25, 0.3) is 0 Å². The highest BCUT2D eigenvalue weighted by atomic mass is 16.5. The third-order valence-corrected chi connectivity index (χ3v) is 3.68. The number of rotatable bonds is 9. The van der Waals surface area contributed by atoms with Gasteiger partial charge in [-0.1, -0.05) is 51.7 Å². The fourth-order valence-electron chi connectivity index (χ4n) is 2.39. The number of benzene rings is 1. The molecule has 0 radical (unpaired) electrons. The lowest BCUT2D eigenvalue weighted by Crippen LogP contribution is -2.07. The van der Waals surface area contributed by atoms with Crippen LogP contribution in [0, 0.1) is 5.92 Å². The van der Waals surface area contributed by atoms with Crippen LogP contribution < -0.4 is 4.74 Å². The van der Waals surface area contributed by atoms with Crippen LogP contribution in [-0.4, -0.2) is 11.7 Å². The van der Waals surface area contributed by atoms with E-state index in [1.807, 2.05) is 31.2 Å². The van der Waals surface area contributed by atoms with Crippen molar-refractivity contribution in [3.05, 3.63) is 29.8 Å². The summed E-state index contributed by atoms with van der Waals surface area (Å²) in [5.41, 5.74) is 0.999. The molecule has 0 aliphatic heterocycles. The predicted molar refractivity (Wildman–Crippen MR) is 80.5 cm³/mol. The molecule has 2 unspecified atom stereocenters. The maximum atomic E-state index is 10.3. The SMILES string of the molecule is CCCCC(CC)CC(O)c1ccc(OCC)cc1. The summed E-state index contributed by atoms with van der Waals surface area (Å²) in [6, 6.07) is 7.83. The van der Waals surface area contributed by atoms with Crippen LogP contribution in [0.5, 0.6) is 5.75 Å². The first-order chi connectivity index (χ1) is 9.21. The van der Waals surface area contributed by atoms with Gasteiger partial charge >= 0.3 is 0 Å². The van der Waals surface area contributed by atoms with Gasteiger partial charge in [0.05, 0.1) is 12.7 Å². The van der Waals surface area contributed by atoms with E-state index in [0.29, 0.717) is 12.5 Å². The number of aliphatic hydroxyl groups excluding tert-OH is 1. The molecule has 0 fully saturated rings. The molecule has 0 aromatic heterocycles. The van der Waals surface area contributed by atoms with Crippen LogP contribution in [0.3, 0.4) is 0 Å². The lowest BCUT2D eigenvalue weighted by atomic mass is 9.91. The quantitative estimate of drug-likeness (QED) is 0.699. The van der Waals surface area contributed by atoms with Gasteiger partial charge in [-0.25, -0.2) is 0 Å². The van der Waals surface area contributed by atoms with Crippen LogP contribution >= 0.6 is 0 Å². The third-order valence-electron chi connectivity index (χ3n) is 3.68. The summed E-state index contributed by atoms with van der Waals surface area (Å²) in [6.07, 6.45) is 5.38. The first-order valence-electron chi connectivity index (χ1n) is 7.62. The molecule has 0 amide bonds. The molecule has 2 atom stereocenters. The Morgan fingerprint density at radius 2 is 1.79 bits per heavy atom. The summed E-state index contributed by atoms with van der Waals surface area (Å²) in [5.74, 6) is 1.50. The fourth-order valence-corrected chi connectivity index (χ4v) is 2.39. The van der Waals surface area contributed by atoms with Gasteiger partial charge in [-0.05, 0) is 37.0 Å². The Morgan fingerprint density at radius 1 is 1.11 bits per heavy atom. The van der Waals surface area contributed by atoms with Crippen molar-refractivity contribution in [2.75, 3.05) is 6.61 Å². The Hall–Kier alpha value is -1.02. The average Bonchev–Trinajstić information content (AvgIpc) is 2.44. The second-order valence-electron chi connectivity index (χ2n) is 5.17. The summed E-state index contributed by atoms with van der Waals surface area (Å²) in [4.78, 5) is 0. The number of hydrogen-bond acceptors (Lipinski definition) is 2. The van der Waals surface area contributed by atoms with E-state index < -0.39 is 0 Å². The molecule has 19 heavy (non-hydrogen) atoms. The lowest BCUT2D eigenvalue weighted by molar-refractivity contribution is 0.139. The van der Waals surface area contributed by atoms with Crippen molar-refractivity contribution in [1.82, 2.24) is 0 Å². The molecule has 0 saturated carbocycles. The minimum atomic E-state index is -0.350. The third kappa shape index (κ3) is 5.65. The Labute approximate surface area is 117 Å². The van der Waals surface area contributed by atoms with Crippen molar-refractivity contribution in [2.45, 2.75) is 59.0 Å². The van der Waals surface area contributed by atoms with Crippen molar-refractivity contribution < 1.29 is 9.84 Å². The smallest absolute Gasteiger partial charge is 0.119 e. The number of aliphatic hydroxyl groups is 1. The summed E-state index contributed by atoms with van der Waals surface area (Å²) >= 11 is 0. The van der Waals surface area contributed by atoms with Gasteiger partial charge in [-0.3, -0.25) is 0 Å². The average molecular weight is 264 g/mol. The highest BCUT2D eigenvalue weighted by Crippen LogP contribution is 2.27. The van der Waals surface area contributed by atoms with Crippen molar-refractivity contribution in [2.24, 2.45) is 5.92 Å². The van der Waals surface area contributed by atoms with Crippen molar-refractivity contribution in [3.63, 3.8) is 0 Å². The maximum Gasteiger partial charge on any atom is 0.119 e. The zero-order valence-electron chi connectivity index (χ0n) is 12.6. The summed E-state index contributed by atoms with van der Waals surface area (Å²) in [5, 5.41) is 10.3. The molecule has 1 aromatic carbocycles. The van der Waals surface area contributed by atoms with Gasteiger partial charge in [0, 0.05) is 0 Å². The summed E-state index contributed by atoms with van der Waals surface area (Å²) in [6.45, 7) is 7.08. The Bertz CT molecular complexity index is 332. The minimum absolute atomic E-state index is 0.350. The Morgan fingerprint density at radius 3 is 2.32 bits per heavy atom. The molecular formula is C17H28O2. The van der Waals surface area contributed by atoms with E-state index >= 15 is 0 Å². The zero-order valence-corrected chi connectivity index (χ0v) is 12.6. The van der Waals surface area contributed by atoms with Crippen LogP contribution in [0.25, 0.3) is 0 Å². The van der Waals surface area contributed by atoms with Gasteiger partial charge in [0.15, 0.2) is 0 Å². The lowest BCUT2D eigenvalue weighted by Gasteiger charge is -2.19. The van der Waals surface area contributed by atoms with Crippen LogP contribution in [-0.2, 0) is 0 Å². The van der Waals surface area contributed by atoms with Gasteiger partial charge in [0.2, 0.25) is 0 Å². The topological polar surface area (TPSA) is 29.5 Å². The molecule has 2 heteroatoms. The molecule has 1 aromatic rings. The largest absolute Gasteiger partial charge is 0.494 e. The Kier molecular flexibility index (Phi) is 7.57. The van der Waals surface area contributed by atoms with E-state index in [4.69, 9.17) is 4.74 Å². The molecule has 2 nitrogen and oxygen atoms in total. The monoisotopic (exact) mass is 264 g/mol. The second-order valence-corrected chi connectivity index (χ2v) is 5.17. The van der Waals surface area contributed by atoms with Crippen molar-refractivity contribution in [3.8, 4) is 5.75 Å². The number of unbranched alkanes of at least 4 members (excludes halogenated alkanes) is 1. The van der Waals surface area contributed by atoms with Gasteiger partial charge in [-0.15, -0.1) is 0 Å². The molecule has 0 saturated heterocycles. The molecule has 0 spiro atoms. The predicted octanol–water partition coefficient (Wildman–Crippen LogP) is 4.73. The molecule has 0 aliphatic carbocycles. The van der Waals surface area contributed by atoms with Crippen LogP contribution in [0.4, 0.5) is 0 Å². The molecular weight excluding hydrogens is 236 g/mol. The summed E-state index contributed by atoms with van der Waals surface area (Å²) in [7, 11) is 0. The Balaban J connectivity index is 2.53. The van der Waals surface area contributed by atoms with Crippen molar-refractivity contribution >= 4 is 0 Å². The zero-order chi connectivity index (χ0) is 14.1. The molecule has 1 N–H and O–H groups in total. The fraction of sp³-hybridized carbons (Fsp3) is 0.647.